The van der Waals surface area contributed by atoms with Crippen LogP contribution in [-0.4, -0.2) is 51.1 Å². The second kappa shape index (κ2) is 7.89. The topological polar surface area (TPSA) is 75.7 Å². The van der Waals surface area contributed by atoms with Crippen LogP contribution in [0, 0.1) is 34.6 Å². The first-order valence-corrected chi connectivity index (χ1v) is 10.8. The molecule has 1 fully saturated rings. The molecular formula is C20H32N2O4S. The molecule has 0 radical (unpaired) electrons. The molecule has 0 aromatic heterocycles. The number of sulfonamides is 1. The molecule has 27 heavy (non-hydrogen) atoms. The number of ether oxygens (including phenoxy) is 1. The Morgan fingerprint density at radius 3 is 2.07 bits per heavy atom. The van der Waals surface area contributed by atoms with Crippen LogP contribution in [0.15, 0.2) is 4.90 Å². The monoisotopic (exact) mass is 396 g/mol. The van der Waals surface area contributed by atoms with Gasteiger partial charge in [-0.25, -0.2) is 13.1 Å². The van der Waals surface area contributed by atoms with Crippen molar-refractivity contribution in [1.82, 2.24) is 9.62 Å². The summed E-state index contributed by atoms with van der Waals surface area (Å²) in [5, 5.41) is 0. The highest BCUT2D eigenvalue weighted by Crippen LogP contribution is 2.29. The molecule has 7 heteroatoms. The Morgan fingerprint density at radius 1 is 1.04 bits per heavy atom. The molecule has 2 rings (SSSR count). The number of hydrogen-bond donors (Lipinski definition) is 1. The minimum Gasteiger partial charge on any atom is -0.372 e. The van der Waals surface area contributed by atoms with Gasteiger partial charge in [0, 0.05) is 26.1 Å². The maximum Gasteiger partial charge on any atom is 0.241 e. The van der Waals surface area contributed by atoms with E-state index in [0.29, 0.717) is 24.6 Å². The van der Waals surface area contributed by atoms with Gasteiger partial charge in [-0.2, -0.15) is 0 Å². The minimum atomic E-state index is -3.68. The van der Waals surface area contributed by atoms with Gasteiger partial charge in [0.2, 0.25) is 15.9 Å². The third-order valence-electron chi connectivity index (χ3n) is 5.61. The number of hydrogen-bond acceptors (Lipinski definition) is 4. The van der Waals surface area contributed by atoms with Crippen LogP contribution >= 0.6 is 0 Å². The molecule has 1 heterocycles. The molecule has 0 spiro atoms. The van der Waals surface area contributed by atoms with E-state index in [1.54, 1.807) is 4.90 Å². The van der Waals surface area contributed by atoms with Crippen molar-refractivity contribution in [3.05, 3.63) is 27.8 Å². The first-order chi connectivity index (χ1) is 12.4. The van der Waals surface area contributed by atoms with E-state index in [4.69, 9.17) is 4.74 Å². The SMILES string of the molecule is Cc1c(C)c(C)c(S(=O)(=O)NCCC(=O)N2CCOC(C)(C)C2)c(C)c1C. The van der Waals surface area contributed by atoms with Gasteiger partial charge in [-0.3, -0.25) is 4.79 Å². The molecular weight excluding hydrogens is 364 g/mol. The quantitative estimate of drug-likeness (QED) is 0.830. The first kappa shape index (κ1) is 21.9. The number of rotatable bonds is 5. The highest BCUT2D eigenvalue weighted by atomic mass is 32.2. The molecule has 0 unspecified atom stereocenters. The highest BCUT2D eigenvalue weighted by molar-refractivity contribution is 7.89. The summed E-state index contributed by atoms with van der Waals surface area (Å²) in [6.07, 6.45) is 0.136. The Bertz CT molecular complexity index is 815. The van der Waals surface area contributed by atoms with E-state index in [9.17, 15) is 13.2 Å². The summed E-state index contributed by atoms with van der Waals surface area (Å²) in [5.41, 5.74) is 4.27. The summed E-state index contributed by atoms with van der Waals surface area (Å²) in [5.74, 6) is -0.0567. The molecule has 1 amide bonds. The number of morpholine rings is 1. The summed E-state index contributed by atoms with van der Waals surface area (Å²) in [4.78, 5) is 14.5. The minimum absolute atomic E-state index is 0.0567. The Kier molecular flexibility index (Phi) is 6.39. The second-order valence-corrected chi connectivity index (χ2v) is 9.73. The number of amides is 1. The van der Waals surface area contributed by atoms with E-state index >= 15 is 0 Å². The van der Waals surface area contributed by atoms with E-state index in [-0.39, 0.29) is 24.5 Å². The van der Waals surface area contributed by atoms with E-state index in [1.165, 1.54) is 0 Å². The molecule has 1 saturated heterocycles. The Hall–Kier alpha value is -1.44. The molecule has 1 aromatic rings. The standard InChI is InChI=1S/C20H32N2O4S/c1-13-14(2)16(4)19(17(5)15(13)3)27(24,25)21-9-8-18(23)22-10-11-26-20(6,7)12-22/h21H,8-12H2,1-7H3. The molecule has 6 nitrogen and oxygen atoms in total. The lowest BCUT2D eigenvalue weighted by Gasteiger charge is -2.38. The van der Waals surface area contributed by atoms with Gasteiger partial charge in [0.15, 0.2) is 0 Å². The average molecular weight is 397 g/mol. The summed E-state index contributed by atoms with van der Waals surface area (Å²) >= 11 is 0. The highest BCUT2D eigenvalue weighted by Gasteiger charge is 2.30. The summed E-state index contributed by atoms with van der Waals surface area (Å²) in [6.45, 7) is 15.1. The van der Waals surface area contributed by atoms with Crippen molar-refractivity contribution in [3.8, 4) is 0 Å². The van der Waals surface area contributed by atoms with Crippen molar-refractivity contribution < 1.29 is 17.9 Å². The summed E-state index contributed by atoms with van der Waals surface area (Å²) in [7, 11) is -3.68. The number of carbonyl (C=O) groups excluding carboxylic acids is 1. The van der Waals surface area contributed by atoms with Gasteiger partial charge in [0.1, 0.15) is 0 Å². The normalized spacial score (nSPS) is 17.2. The van der Waals surface area contributed by atoms with Crippen LogP contribution in [0.4, 0.5) is 0 Å². The van der Waals surface area contributed by atoms with Gasteiger partial charge in [-0.1, -0.05) is 0 Å². The van der Waals surface area contributed by atoms with E-state index in [2.05, 4.69) is 4.72 Å². The predicted octanol–water partition coefficient (Wildman–Crippen LogP) is 2.53. The van der Waals surface area contributed by atoms with Crippen LogP contribution in [0.2, 0.25) is 0 Å². The Labute approximate surface area is 163 Å². The first-order valence-electron chi connectivity index (χ1n) is 9.36. The smallest absolute Gasteiger partial charge is 0.241 e. The zero-order valence-electron chi connectivity index (χ0n) is 17.5. The number of carbonyl (C=O) groups is 1. The fraction of sp³-hybridized carbons (Fsp3) is 0.650. The maximum atomic E-state index is 12.9. The molecule has 0 saturated carbocycles. The molecule has 0 atom stereocenters. The van der Waals surface area contributed by atoms with Crippen molar-refractivity contribution in [1.29, 1.82) is 0 Å². The number of benzene rings is 1. The molecule has 0 bridgehead atoms. The molecule has 1 aliphatic rings. The summed E-state index contributed by atoms with van der Waals surface area (Å²) < 4.78 is 34.0. The van der Waals surface area contributed by atoms with Crippen LogP contribution < -0.4 is 4.72 Å². The van der Waals surface area contributed by atoms with Gasteiger partial charge < -0.3 is 9.64 Å². The average Bonchev–Trinajstić information content (AvgIpc) is 2.57. The predicted molar refractivity (Wildman–Crippen MR) is 107 cm³/mol. The van der Waals surface area contributed by atoms with Crippen molar-refractivity contribution in [2.24, 2.45) is 0 Å². The van der Waals surface area contributed by atoms with Crippen LogP contribution in [0.5, 0.6) is 0 Å². The van der Waals surface area contributed by atoms with Crippen LogP contribution in [-0.2, 0) is 19.6 Å². The maximum absolute atomic E-state index is 12.9. The third kappa shape index (κ3) is 4.70. The van der Waals surface area contributed by atoms with Crippen molar-refractivity contribution in [3.63, 3.8) is 0 Å². The molecule has 1 aromatic carbocycles. The van der Waals surface area contributed by atoms with Crippen LogP contribution in [0.3, 0.4) is 0 Å². The molecule has 0 aliphatic carbocycles. The Morgan fingerprint density at radius 2 is 1.56 bits per heavy atom. The fourth-order valence-corrected chi connectivity index (χ4v) is 5.25. The van der Waals surface area contributed by atoms with Gasteiger partial charge in [0.05, 0.1) is 17.1 Å². The molecule has 1 aliphatic heterocycles. The van der Waals surface area contributed by atoms with Crippen molar-refractivity contribution in [2.45, 2.75) is 65.4 Å². The Balaban J connectivity index is 2.09. The van der Waals surface area contributed by atoms with E-state index in [1.807, 2.05) is 48.5 Å². The lowest BCUT2D eigenvalue weighted by Crippen LogP contribution is -2.51. The van der Waals surface area contributed by atoms with Gasteiger partial charge in [-0.15, -0.1) is 0 Å². The van der Waals surface area contributed by atoms with Gasteiger partial charge in [0.25, 0.3) is 0 Å². The third-order valence-corrected chi connectivity index (χ3v) is 7.34. The van der Waals surface area contributed by atoms with E-state index in [0.717, 1.165) is 27.8 Å². The molecule has 152 valence electrons. The van der Waals surface area contributed by atoms with Gasteiger partial charge in [-0.05, 0) is 76.3 Å². The second-order valence-electron chi connectivity index (χ2n) is 8.03. The lowest BCUT2D eigenvalue weighted by molar-refractivity contribution is -0.145. The van der Waals surface area contributed by atoms with Gasteiger partial charge >= 0.3 is 0 Å². The van der Waals surface area contributed by atoms with E-state index < -0.39 is 10.0 Å². The largest absolute Gasteiger partial charge is 0.372 e. The molecule has 1 N–H and O–H groups in total. The lowest BCUT2D eigenvalue weighted by atomic mass is 9.95. The summed E-state index contributed by atoms with van der Waals surface area (Å²) in [6, 6.07) is 0. The zero-order chi connectivity index (χ0) is 20.6. The number of nitrogens with one attached hydrogen (secondary N) is 1. The fourth-order valence-electron chi connectivity index (χ4n) is 3.62. The number of nitrogens with zero attached hydrogens (tertiary/aromatic N) is 1. The van der Waals surface area contributed by atoms with Crippen LogP contribution in [0.1, 0.15) is 48.1 Å². The van der Waals surface area contributed by atoms with Crippen molar-refractivity contribution >= 4 is 15.9 Å². The van der Waals surface area contributed by atoms with Crippen molar-refractivity contribution in [2.75, 3.05) is 26.2 Å². The van der Waals surface area contributed by atoms with Crippen LogP contribution in [0.25, 0.3) is 0 Å². The zero-order valence-corrected chi connectivity index (χ0v) is 18.3.